The summed E-state index contributed by atoms with van der Waals surface area (Å²) < 4.78 is 2.74. The van der Waals surface area contributed by atoms with Crippen molar-refractivity contribution in [3.63, 3.8) is 0 Å². The SMILES string of the molecule is Cc1cc2c3c(c1)N(c1ccc(C(C)C)cc1)c1c(sc4cc5c(cc14)-c1ccc(C(C)(C)C)cc1C51c4ccccc4-c4ccccc41)B3c1ccccc1N2c1ccc(C(C)C)cc1. The Morgan fingerprint density at radius 3 is 1.68 bits per heavy atom. The third kappa shape index (κ3) is 5.31. The molecule has 0 atom stereocenters. The van der Waals surface area contributed by atoms with E-state index in [1.807, 2.05) is 11.3 Å². The molecule has 1 spiro atoms. The molecule has 2 aliphatic carbocycles. The zero-order valence-electron chi connectivity index (χ0n) is 39.1. The molecule has 1 aromatic heterocycles. The summed E-state index contributed by atoms with van der Waals surface area (Å²) in [6, 6.07) is 63.9. The molecule has 0 amide bonds. The average molecular weight is 869 g/mol. The summed E-state index contributed by atoms with van der Waals surface area (Å²) in [6.07, 6.45) is 0. The van der Waals surface area contributed by atoms with E-state index in [1.54, 1.807) is 0 Å². The maximum Gasteiger partial charge on any atom is 0.264 e. The second-order valence-corrected chi connectivity index (χ2v) is 22.0. The highest BCUT2D eigenvalue weighted by atomic mass is 32.1. The van der Waals surface area contributed by atoms with Gasteiger partial charge in [-0.05, 0) is 156 Å². The summed E-state index contributed by atoms with van der Waals surface area (Å²) in [5, 5.41) is 1.32. The molecular formula is C62H53BN2S. The molecule has 9 aromatic rings. The quantitative estimate of drug-likeness (QED) is 0.163. The van der Waals surface area contributed by atoms with Gasteiger partial charge in [-0.2, -0.15) is 0 Å². The fourth-order valence-corrected chi connectivity index (χ4v) is 13.6. The molecule has 0 radical (unpaired) electrons. The van der Waals surface area contributed by atoms with Gasteiger partial charge in [-0.25, -0.2) is 0 Å². The Labute approximate surface area is 394 Å². The van der Waals surface area contributed by atoms with E-state index < -0.39 is 5.41 Å². The van der Waals surface area contributed by atoms with E-state index in [1.165, 1.54) is 127 Å². The Morgan fingerprint density at radius 1 is 0.515 bits per heavy atom. The van der Waals surface area contributed by atoms with E-state index in [9.17, 15) is 0 Å². The van der Waals surface area contributed by atoms with Crippen LogP contribution in [0.5, 0.6) is 0 Å². The summed E-state index contributed by atoms with van der Waals surface area (Å²) in [5.41, 5.74) is 26.1. The highest BCUT2D eigenvalue weighted by Crippen LogP contribution is 2.64. The van der Waals surface area contributed by atoms with Gasteiger partial charge in [0.15, 0.2) is 0 Å². The van der Waals surface area contributed by atoms with E-state index in [0.717, 1.165) is 0 Å². The van der Waals surface area contributed by atoms with Crippen LogP contribution in [0.3, 0.4) is 0 Å². The van der Waals surface area contributed by atoms with E-state index in [0.29, 0.717) is 11.8 Å². The van der Waals surface area contributed by atoms with Crippen molar-refractivity contribution in [3.8, 4) is 22.3 Å². The lowest BCUT2D eigenvalue weighted by Crippen LogP contribution is -2.60. The van der Waals surface area contributed by atoms with Crippen LogP contribution in [-0.2, 0) is 10.8 Å². The third-order valence-corrected chi connectivity index (χ3v) is 16.6. The summed E-state index contributed by atoms with van der Waals surface area (Å²) in [4.78, 5) is 5.17. The van der Waals surface area contributed by atoms with Crippen LogP contribution in [0.2, 0.25) is 0 Å². The third-order valence-electron chi connectivity index (χ3n) is 15.4. The topological polar surface area (TPSA) is 6.48 Å². The van der Waals surface area contributed by atoms with Gasteiger partial charge < -0.3 is 9.80 Å². The van der Waals surface area contributed by atoms with Crippen LogP contribution in [0.4, 0.5) is 34.1 Å². The number of benzene rings is 8. The molecule has 66 heavy (non-hydrogen) atoms. The zero-order chi connectivity index (χ0) is 45.0. The van der Waals surface area contributed by atoms with Gasteiger partial charge in [-0.3, -0.25) is 0 Å². The van der Waals surface area contributed by atoms with Crippen molar-refractivity contribution in [2.24, 2.45) is 0 Å². The fourth-order valence-electron chi connectivity index (χ4n) is 12.2. The molecule has 2 aliphatic heterocycles. The first kappa shape index (κ1) is 39.7. The van der Waals surface area contributed by atoms with Crippen LogP contribution in [0.1, 0.15) is 105 Å². The molecule has 4 aliphatic rings. The Bertz CT molecular complexity index is 3450. The lowest BCUT2D eigenvalue weighted by molar-refractivity contribution is 0.588. The second kappa shape index (κ2) is 14.0. The van der Waals surface area contributed by atoms with E-state index in [-0.39, 0.29) is 12.1 Å². The van der Waals surface area contributed by atoms with Crippen molar-refractivity contribution in [1.29, 1.82) is 0 Å². The predicted molar refractivity (Wildman–Crippen MR) is 284 cm³/mol. The normalized spacial score (nSPS) is 14.7. The molecule has 0 bridgehead atoms. The average Bonchev–Trinajstić information content (AvgIpc) is 3.94. The summed E-state index contributed by atoms with van der Waals surface area (Å²) >= 11 is 2.01. The van der Waals surface area contributed by atoms with E-state index >= 15 is 0 Å². The minimum Gasteiger partial charge on any atom is -0.311 e. The van der Waals surface area contributed by atoms with Crippen LogP contribution in [-0.4, -0.2) is 6.71 Å². The van der Waals surface area contributed by atoms with Gasteiger partial charge in [0.25, 0.3) is 6.71 Å². The highest BCUT2D eigenvalue weighted by molar-refractivity contribution is 7.33. The monoisotopic (exact) mass is 868 g/mol. The Balaban J connectivity index is 1.13. The van der Waals surface area contributed by atoms with Crippen molar-refractivity contribution in [1.82, 2.24) is 0 Å². The van der Waals surface area contributed by atoms with Crippen molar-refractivity contribution in [2.45, 2.75) is 78.1 Å². The van der Waals surface area contributed by atoms with Gasteiger partial charge in [0.2, 0.25) is 0 Å². The molecule has 3 heterocycles. The van der Waals surface area contributed by atoms with Gasteiger partial charge in [0, 0.05) is 43.3 Å². The van der Waals surface area contributed by atoms with Gasteiger partial charge in [0.05, 0.1) is 11.1 Å². The molecule has 2 nitrogen and oxygen atoms in total. The first-order chi connectivity index (χ1) is 31.9. The van der Waals surface area contributed by atoms with Gasteiger partial charge >= 0.3 is 0 Å². The molecule has 13 rings (SSSR count). The zero-order valence-corrected chi connectivity index (χ0v) is 39.9. The number of hydrogen-bond acceptors (Lipinski definition) is 3. The summed E-state index contributed by atoms with van der Waals surface area (Å²) in [7, 11) is 0. The lowest BCUT2D eigenvalue weighted by Gasteiger charge is -2.43. The van der Waals surface area contributed by atoms with Crippen molar-refractivity contribution < 1.29 is 0 Å². The molecule has 4 heteroatoms. The van der Waals surface area contributed by atoms with Gasteiger partial charge in [0.1, 0.15) is 0 Å². The number of nitrogens with zero attached hydrogens (tertiary/aromatic N) is 2. The Hall–Kier alpha value is -6.62. The highest BCUT2D eigenvalue weighted by Gasteiger charge is 2.53. The maximum absolute atomic E-state index is 2.63. The van der Waals surface area contributed by atoms with Crippen LogP contribution >= 0.6 is 11.3 Å². The first-order valence-electron chi connectivity index (χ1n) is 23.9. The van der Waals surface area contributed by atoms with E-state index in [2.05, 4.69) is 229 Å². The Morgan fingerprint density at radius 2 is 1.06 bits per heavy atom. The van der Waals surface area contributed by atoms with Crippen LogP contribution < -0.4 is 25.5 Å². The Kier molecular flexibility index (Phi) is 8.40. The van der Waals surface area contributed by atoms with Gasteiger partial charge in [-0.1, -0.05) is 158 Å². The first-order valence-corrected chi connectivity index (χ1v) is 24.7. The molecule has 0 unspecified atom stereocenters. The van der Waals surface area contributed by atoms with E-state index in [4.69, 9.17) is 0 Å². The predicted octanol–water partition coefficient (Wildman–Crippen LogP) is 15.2. The molecule has 8 aromatic carbocycles. The number of aryl methyl sites for hydroxylation is 1. The fraction of sp³-hybridized carbons (Fsp3) is 0.194. The molecule has 0 N–H and O–H groups in total. The molecule has 320 valence electrons. The number of para-hydroxylation sites is 1. The maximum atomic E-state index is 2.63. The van der Waals surface area contributed by atoms with Crippen molar-refractivity contribution >= 4 is 78.0 Å². The minimum absolute atomic E-state index is 0.00144. The van der Waals surface area contributed by atoms with Crippen molar-refractivity contribution in [3.05, 3.63) is 208 Å². The molecule has 0 fully saturated rings. The number of hydrogen-bond donors (Lipinski definition) is 0. The number of fused-ring (bicyclic) bond motifs is 16. The van der Waals surface area contributed by atoms with Gasteiger partial charge in [-0.15, -0.1) is 11.3 Å². The van der Waals surface area contributed by atoms with Crippen LogP contribution in [0.25, 0.3) is 32.3 Å². The molecule has 0 saturated carbocycles. The van der Waals surface area contributed by atoms with Crippen LogP contribution in [0, 0.1) is 6.92 Å². The standard InChI is InChI=1S/C62H53BN2S/c1-36(2)39-21-26-42(27-22-39)64-54-20-14-13-19-53(54)63-58-55(64)31-38(5)32-56(58)65(43-28-23-40(24-29-43)37(3)4)59-48-34-47-46-30-25-41(61(6,7)8)33-51(46)62(52(47)35-57(48)66-60(59)63)49-17-11-9-15-44(49)45-16-10-12-18-50(45)62/h9-37H,1-8H3. The number of anilines is 6. The number of thiophene rings is 1. The largest absolute Gasteiger partial charge is 0.311 e. The summed E-state index contributed by atoms with van der Waals surface area (Å²) in [5.74, 6) is 0.912. The van der Waals surface area contributed by atoms with Crippen LogP contribution in [0.15, 0.2) is 164 Å². The smallest absolute Gasteiger partial charge is 0.264 e. The number of rotatable bonds is 4. The molecular weight excluding hydrogens is 816 g/mol. The lowest BCUT2D eigenvalue weighted by atomic mass is 9.36. The minimum atomic E-state index is -0.430. The summed E-state index contributed by atoms with van der Waals surface area (Å²) in [6.45, 7) is 18.5. The second-order valence-electron chi connectivity index (χ2n) is 20.9. The molecule has 0 saturated heterocycles. The van der Waals surface area contributed by atoms with Crippen molar-refractivity contribution in [2.75, 3.05) is 9.80 Å².